The van der Waals surface area contributed by atoms with Crippen molar-refractivity contribution in [2.24, 2.45) is 0 Å². The molecule has 0 saturated carbocycles. The minimum Gasteiger partial charge on any atom is -0.483 e. The molecule has 0 heterocycles. The van der Waals surface area contributed by atoms with Gasteiger partial charge < -0.3 is 10.1 Å². The first-order valence-electron chi connectivity index (χ1n) is 6.51. The summed E-state index contributed by atoms with van der Waals surface area (Å²) in [4.78, 5) is 12.0. The van der Waals surface area contributed by atoms with Crippen molar-refractivity contribution < 1.29 is 9.53 Å². The maximum atomic E-state index is 12.0. The van der Waals surface area contributed by atoms with Crippen molar-refractivity contribution in [3.63, 3.8) is 0 Å². The highest BCUT2D eigenvalue weighted by atomic mass is 35.5. The van der Waals surface area contributed by atoms with Gasteiger partial charge in [-0.25, -0.2) is 0 Å². The number of carbonyl (C=O) groups excluding carboxylic acids is 1. The van der Waals surface area contributed by atoms with Gasteiger partial charge in [0.25, 0.3) is 5.91 Å². The van der Waals surface area contributed by atoms with Crippen LogP contribution in [0.2, 0.25) is 15.1 Å². The van der Waals surface area contributed by atoms with Crippen molar-refractivity contribution in [2.75, 3.05) is 11.9 Å². The average molecular weight is 359 g/mol. The molecular weight excluding hydrogens is 345 g/mol. The fourth-order valence-electron chi connectivity index (χ4n) is 1.84. The Hall–Kier alpha value is -1.42. The van der Waals surface area contributed by atoms with Gasteiger partial charge in [0, 0.05) is 5.02 Å². The largest absolute Gasteiger partial charge is 0.483 e. The van der Waals surface area contributed by atoms with Gasteiger partial charge in [0.1, 0.15) is 5.75 Å². The molecule has 0 aliphatic carbocycles. The average Bonchev–Trinajstić information content (AvgIpc) is 2.44. The molecule has 0 atom stereocenters. The van der Waals surface area contributed by atoms with E-state index in [-0.39, 0.29) is 22.6 Å². The smallest absolute Gasteiger partial charge is 0.262 e. The van der Waals surface area contributed by atoms with Gasteiger partial charge in [-0.1, -0.05) is 46.9 Å². The Labute approximate surface area is 144 Å². The molecule has 0 aliphatic heterocycles. The Bertz CT molecular complexity index is 694. The standard InChI is InChI=1S/C16H14Cl3NO2/c1-9-3-4-10(2)14(5-9)22-8-15(21)20-16-12(18)6-11(17)7-13(16)19/h3-7H,8H2,1-2H3,(H,20,21). The lowest BCUT2D eigenvalue weighted by Crippen LogP contribution is -2.20. The summed E-state index contributed by atoms with van der Waals surface area (Å²) in [5.41, 5.74) is 2.34. The molecule has 1 amide bonds. The summed E-state index contributed by atoms with van der Waals surface area (Å²) < 4.78 is 5.53. The van der Waals surface area contributed by atoms with Gasteiger partial charge in [-0.15, -0.1) is 0 Å². The minimum atomic E-state index is -0.355. The zero-order valence-corrected chi connectivity index (χ0v) is 14.3. The van der Waals surface area contributed by atoms with Crippen LogP contribution in [0.1, 0.15) is 11.1 Å². The van der Waals surface area contributed by atoms with Crippen LogP contribution in [0.25, 0.3) is 0 Å². The van der Waals surface area contributed by atoms with Crippen LogP contribution in [-0.2, 0) is 4.79 Å². The molecule has 2 aromatic carbocycles. The number of rotatable bonds is 4. The van der Waals surface area contributed by atoms with E-state index < -0.39 is 0 Å². The van der Waals surface area contributed by atoms with Crippen LogP contribution in [0, 0.1) is 13.8 Å². The maximum Gasteiger partial charge on any atom is 0.262 e. The summed E-state index contributed by atoms with van der Waals surface area (Å²) in [6, 6.07) is 8.82. The number of aryl methyl sites for hydroxylation is 2. The van der Waals surface area contributed by atoms with E-state index in [2.05, 4.69) is 5.32 Å². The number of hydrogen-bond donors (Lipinski definition) is 1. The van der Waals surface area contributed by atoms with Crippen LogP contribution in [0.3, 0.4) is 0 Å². The van der Waals surface area contributed by atoms with Crippen LogP contribution < -0.4 is 10.1 Å². The Morgan fingerprint density at radius 1 is 1.09 bits per heavy atom. The summed E-state index contributed by atoms with van der Waals surface area (Å²) >= 11 is 17.9. The topological polar surface area (TPSA) is 38.3 Å². The maximum absolute atomic E-state index is 12.0. The van der Waals surface area contributed by atoms with Gasteiger partial charge in [-0.05, 0) is 43.2 Å². The second-order valence-electron chi connectivity index (χ2n) is 4.85. The molecule has 0 bridgehead atoms. The summed E-state index contributed by atoms with van der Waals surface area (Å²) in [6.45, 7) is 3.73. The number of benzene rings is 2. The van der Waals surface area contributed by atoms with E-state index in [1.807, 2.05) is 32.0 Å². The third-order valence-corrected chi connectivity index (χ3v) is 3.79. The third kappa shape index (κ3) is 4.29. The van der Waals surface area contributed by atoms with E-state index in [1.54, 1.807) is 0 Å². The summed E-state index contributed by atoms with van der Waals surface area (Å²) in [6.07, 6.45) is 0. The SMILES string of the molecule is Cc1ccc(C)c(OCC(=O)Nc2c(Cl)cc(Cl)cc2Cl)c1. The quantitative estimate of drug-likeness (QED) is 0.807. The zero-order valence-electron chi connectivity index (χ0n) is 12.0. The molecule has 0 radical (unpaired) electrons. The Kier molecular flexibility index (Phi) is 5.57. The fourth-order valence-corrected chi connectivity index (χ4v) is 2.75. The van der Waals surface area contributed by atoms with Crippen molar-refractivity contribution in [3.05, 3.63) is 56.5 Å². The van der Waals surface area contributed by atoms with Crippen LogP contribution in [-0.4, -0.2) is 12.5 Å². The van der Waals surface area contributed by atoms with Crippen molar-refractivity contribution in [1.82, 2.24) is 0 Å². The molecule has 22 heavy (non-hydrogen) atoms. The van der Waals surface area contributed by atoms with Gasteiger partial charge in [0.15, 0.2) is 6.61 Å². The summed E-state index contributed by atoms with van der Waals surface area (Å²) in [5.74, 6) is 0.315. The van der Waals surface area contributed by atoms with Crippen molar-refractivity contribution >= 4 is 46.4 Å². The minimum absolute atomic E-state index is 0.139. The number of ether oxygens (including phenoxy) is 1. The normalized spacial score (nSPS) is 10.4. The highest BCUT2D eigenvalue weighted by Gasteiger charge is 2.12. The lowest BCUT2D eigenvalue weighted by Gasteiger charge is -2.12. The predicted octanol–water partition coefficient (Wildman–Crippen LogP) is 5.28. The molecule has 0 aromatic heterocycles. The first kappa shape index (κ1) is 16.9. The first-order valence-corrected chi connectivity index (χ1v) is 7.64. The first-order chi connectivity index (χ1) is 10.4. The van der Waals surface area contributed by atoms with Crippen LogP contribution in [0.5, 0.6) is 5.75 Å². The fraction of sp³-hybridized carbons (Fsp3) is 0.188. The van der Waals surface area contributed by atoms with Crippen molar-refractivity contribution in [1.29, 1.82) is 0 Å². The van der Waals surface area contributed by atoms with E-state index in [0.717, 1.165) is 11.1 Å². The molecule has 1 N–H and O–H groups in total. The highest BCUT2D eigenvalue weighted by Crippen LogP contribution is 2.33. The number of hydrogen-bond acceptors (Lipinski definition) is 2. The van der Waals surface area contributed by atoms with Crippen LogP contribution >= 0.6 is 34.8 Å². The van der Waals surface area contributed by atoms with E-state index in [1.165, 1.54) is 12.1 Å². The number of halogens is 3. The summed E-state index contributed by atoms with van der Waals surface area (Å²) in [7, 11) is 0. The number of anilines is 1. The van der Waals surface area contributed by atoms with E-state index in [9.17, 15) is 4.79 Å². The molecule has 3 nitrogen and oxygen atoms in total. The van der Waals surface area contributed by atoms with Crippen LogP contribution in [0.15, 0.2) is 30.3 Å². The third-order valence-electron chi connectivity index (χ3n) is 2.97. The molecule has 0 aliphatic rings. The molecule has 6 heteroatoms. The predicted molar refractivity (Wildman–Crippen MR) is 91.5 cm³/mol. The van der Waals surface area contributed by atoms with Gasteiger partial charge in [0.05, 0.1) is 15.7 Å². The van der Waals surface area contributed by atoms with Crippen molar-refractivity contribution in [3.8, 4) is 5.75 Å². The van der Waals surface area contributed by atoms with Crippen LogP contribution in [0.4, 0.5) is 5.69 Å². The van der Waals surface area contributed by atoms with Gasteiger partial charge >= 0.3 is 0 Å². The molecule has 0 fully saturated rings. The molecule has 2 aromatic rings. The van der Waals surface area contributed by atoms with E-state index in [0.29, 0.717) is 16.5 Å². The molecule has 116 valence electrons. The lowest BCUT2D eigenvalue weighted by atomic mass is 10.1. The number of amides is 1. The number of nitrogens with one attached hydrogen (secondary N) is 1. The number of carbonyl (C=O) groups is 1. The second-order valence-corrected chi connectivity index (χ2v) is 6.10. The Morgan fingerprint density at radius 2 is 1.73 bits per heavy atom. The van der Waals surface area contributed by atoms with Gasteiger partial charge in [-0.3, -0.25) is 4.79 Å². The van der Waals surface area contributed by atoms with Crippen molar-refractivity contribution in [2.45, 2.75) is 13.8 Å². The Balaban J connectivity index is 2.03. The molecule has 0 saturated heterocycles. The molecule has 0 unspecified atom stereocenters. The van der Waals surface area contributed by atoms with Gasteiger partial charge in [0.2, 0.25) is 0 Å². The molecule has 0 spiro atoms. The monoisotopic (exact) mass is 357 g/mol. The highest BCUT2D eigenvalue weighted by molar-refractivity contribution is 6.42. The van der Waals surface area contributed by atoms with E-state index >= 15 is 0 Å². The van der Waals surface area contributed by atoms with Gasteiger partial charge in [-0.2, -0.15) is 0 Å². The second kappa shape index (κ2) is 7.23. The lowest BCUT2D eigenvalue weighted by molar-refractivity contribution is -0.118. The molecule has 2 rings (SSSR count). The zero-order chi connectivity index (χ0) is 16.3. The Morgan fingerprint density at radius 3 is 2.36 bits per heavy atom. The molecular formula is C16H14Cl3NO2. The summed E-state index contributed by atoms with van der Waals surface area (Å²) in [5, 5.41) is 3.58. The van der Waals surface area contributed by atoms with E-state index in [4.69, 9.17) is 39.5 Å².